The van der Waals surface area contributed by atoms with E-state index in [1.807, 2.05) is 36.4 Å². The molecule has 1 atom stereocenters. The Kier molecular flexibility index (Phi) is 6.74. The summed E-state index contributed by atoms with van der Waals surface area (Å²) in [4.78, 5) is 12.7. The fraction of sp³-hybridized carbons (Fsp3) is 0.292. The average Bonchev–Trinajstić information content (AvgIpc) is 3.35. The SMILES string of the molecule is COc1ccc2cc(CNC(=O)c3cccc(S(=O)(=O)NCC4CCCO4)c3)ccc2c1. The highest BCUT2D eigenvalue weighted by molar-refractivity contribution is 7.89. The van der Waals surface area contributed by atoms with Gasteiger partial charge >= 0.3 is 0 Å². The first kappa shape index (κ1) is 22.3. The minimum Gasteiger partial charge on any atom is -0.497 e. The highest BCUT2D eigenvalue weighted by atomic mass is 32.2. The molecule has 1 aliphatic heterocycles. The fourth-order valence-electron chi connectivity index (χ4n) is 3.69. The number of carbonyl (C=O) groups excluding carboxylic acids is 1. The second-order valence-electron chi connectivity index (χ2n) is 7.74. The van der Waals surface area contributed by atoms with E-state index >= 15 is 0 Å². The second-order valence-corrected chi connectivity index (χ2v) is 9.51. The number of hydrogen-bond donors (Lipinski definition) is 2. The van der Waals surface area contributed by atoms with Crippen LogP contribution in [-0.2, 0) is 21.3 Å². The van der Waals surface area contributed by atoms with Crippen molar-refractivity contribution in [1.82, 2.24) is 10.0 Å². The molecule has 2 N–H and O–H groups in total. The molecule has 3 aromatic rings. The minimum atomic E-state index is -3.72. The van der Waals surface area contributed by atoms with Crippen LogP contribution in [-0.4, -0.2) is 40.7 Å². The smallest absolute Gasteiger partial charge is 0.251 e. The molecule has 168 valence electrons. The van der Waals surface area contributed by atoms with E-state index in [4.69, 9.17) is 9.47 Å². The minimum absolute atomic E-state index is 0.0581. The summed E-state index contributed by atoms with van der Waals surface area (Å²) in [5.74, 6) is 0.453. The molecule has 1 saturated heterocycles. The molecule has 0 radical (unpaired) electrons. The molecule has 4 rings (SSSR count). The highest BCUT2D eigenvalue weighted by Gasteiger charge is 2.21. The quantitative estimate of drug-likeness (QED) is 0.545. The second kappa shape index (κ2) is 9.68. The Morgan fingerprint density at radius 2 is 1.91 bits per heavy atom. The summed E-state index contributed by atoms with van der Waals surface area (Å²) < 4.78 is 38.5. The maximum atomic E-state index is 12.6. The van der Waals surface area contributed by atoms with E-state index in [1.54, 1.807) is 19.2 Å². The van der Waals surface area contributed by atoms with Crippen molar-refractivity contribution in [2.24, 2.45) is 0 Å². The van der Waals surface area contributed by atoms with Crippen LogP contribution in [0.25, 0.3) is 10.8 Å². The summed E-state index contributed by atoms with van der Waals surface area (Å²) in [7, 11) is -2.09. The molecule has 8 heteroatoms. The van der Waals surface area contributed by atoms with Gasteiger partial charge < -0.3 is 14.8 Å². The molecule has 0 bridgehead atoms. The van der Waals surface area contributed by atoms with Crippen LogP contribution in [0.3, 0.4) is 0 Å². The average molecular weight is 455 g/mol. The van der Waals surface area contributed by atoms with Crippen molar-refractivity contribution in [3.8, 4) is 5.75 Å². The van der Waals surface area contributed by atoms with Gasteiger partial charge in [0.2, 0.25) is 10.0 Å². The lowest BCUT2D eigenvalue weighted by Crippen LogP contribution is -2.32. The molecule has 1 aliphatic rings. The highest BCUT2D eigenvalue weighted by Crippen LogP contribution is 2.22. The molecular formula is C24H26N2O5S. The number of methoxy groups -OCH3 is 1. The van der Waals surface area contributed by atoms with E-state index in [0.717, 1.165) is 34.9 Å². The van der Waals surface area contributed by atoms with E-state index in [0.29, 0.717) is 13.2 Å². The van der Waals surface area contributed by atoms with Crippen molar-refractivity contribution >= 4 is 26.7 Å². The molecule has 1 heterocycles. The van der Waals surface area contributed by atoms with Gasteiger partial charge in [0, 0.05) is 25.3 Å². The maximum Gasteiger partial charge on any atom is 0.251 e. The van der Waals surface area contributed by atoms with Gasteiger partial charge in [-0.3, -0.25) is 4.79 Å². The number of sulfonamides is 1. The van der Waals surface area contributed by atoms with Gasteiger partial charge in [-0.05, 0) is 65.6 Å². The molecule has 7 nitrogen and oxygen atoms in total. The van der Waals surface area contributed by atoms with Gasteiger partial charge in [-0.2, -0.15) is 0 Å². The predicted octanol–water partition coefficient (Wildman–Crippen LogP) is 3.24. The third-order valence-electron chi connectivity index (χ3n) is 5.50. The number of ether oxygens (including phenoxy) is 2. The third-order valence-corrected chi connectivity index (χ3v) is 6.92. The van der Waals surface area contributed by atoms with Crippen molar-refractivity contribution < 1.29 is 22.7 Å². The molecule has 0 aliphatic carbocycles. The summed E-state index contributed by atoms with van der Waals surface area (Å²) in [6.45, 7) is 1.22. The molecular weight excluding hydrogens is 428 g/mol. The summed E-state index contributed by atoms with van der Waals surface area (Å²) in [5.41, 5.74) is 1.23. The van der Waals surface area contributed by atoms with Gasteiger partial charge in [0.05, 0.1) is 18.1 Å². The van der Waals surface area contributed by atoms with Crippen molar-refractivity contribution in [1.29, 1.82) is 0 Å². The molecule has 0 spiro atoms. The summed E-state index contributed by atoms with van der Waals surface area (Å²) in [5, 5.41) is 4.95. The number of rotatable bonds is 8. The lowest BCUT2D eigenvalue weighted by Gasteiger charge is -2.12. The molecule has 1 unspecified atom stereocenters. The number of hydrogen-bond acceptors (Lipinski definition) is 5. The van der Waals surface area contributed by atoms with Gasteiger partial charge in [0.25, 0.3) is 5.91 Å². The molecule has 1 fully saturated rings. The van der Waals surface area contributed by atoms with Gasteiger partial charge in [0.1, 0.15) is 5.75 Å². The fourth-order valence-corrected chi connectivity index (χ4v) is 4.80. The Balaban J connectivity index is 1.40. The number of nitrogens with one attached hydrogen (secondary N) is 2. The van der Waals surface area contributed by atoms with Gasteiger partial charge in [-0.25, -0.2) is 13.1 Å². The van der Waals surface area contributed by atoms with Crippen LogP contribution in [0.1, 0.15) is 28.8 Å². The molecule has 3 aromatic carbocycles. The standard InChI is InChI=1S/C24H26N2O5S/c1-30-21-10-9-18-12-17(7-8-19(18)13-21)15-25-24(27)20-4-2-6-23(14-20)32(28,29)26-16-22-5-3-11-31-22/h2,4,6-10,12-14,22,26H,3,5,11,15-16H2,1H3,(H,25,27). The molecule has 32 heavy (non-hydrogen) atoms. The number of benzene rings is 3. The normalized spacial score (nSPS) is 16.2. The Hall–Kier alpha value is -2.94. The summed E-state index contributed by atoms with van der Waals surface area (Å²) in [6.07, 6.45) is 1.68. The number of carbonyl (C=O) groups is 1. The Bertz CT molecular complexity index is 1220. The first-order valence-corrected chi connectivity index (χ1v) is 12.0. The molecule has 1 amide bonds. The van der Waals surface area contributed by atoms with Crippen LogP contribution < -0.4 is 14.8 Å². The monoisotopic (exact) mass is 454 g/mol. The predicted molar refractivity (Wildman–Crippen MR) is 122 cm³/mol. The third kappa shape index (κ3) is 5.27. The number of amides is 1. The largest absolute Gasteiger partial charge is 0.497 e. The van der Waals surface area contributed by atoms with Crippen molar-refractivity contribution in [3.63, 3.8) is 0 Å². The van der Waals surface area contributed by atoms with Crippen molar-refractivity contribution in [2.45, 2.75) is 30.4 Å². The topological polar surface area (TPSA) is 93.7 Å². The maximum absolute atomic E-state index is 12.6. The summed E-state index contributed by atoms with van der Waals surface area (Å²) >= 11 is 0. The zero-order valence-electron chi connectivity index (χ0n) is 17.8. The van der Waals surface area contributed by atoms with E-state index in [-0.39, 0.29) is 29.0 Å². The van der Waals surface area contributed by atoms with E-state index in [1.165, 1.54) is 12.1 Å². The molecule has 0 saturated carbocycles. The van der Waals surface area contributed by atoms with Gasteiger partial charge in [0.15, 0.2) is 0 Å². The zero-order valence-corrected chi connectivity index (χ0v) is 18.7. The van der Waals surface area contributed by atoms with Gasteiger partial charge in [-0.15, -0.1) is 0 Å². The summed E-state index contributed by atoms with van der Waals surface area (Å²) in [6, 6.07) is 17.8. The van der Waals surface area contributed by atoms with Crippen LogP contribution in [0, 0.1) is 0 Å². The first-order valence-electron chi connectivity index (χ1n) is 10.5. The zero-order chi connectivity index (χ0) is 22.6. The first-order chi connectivity index (χ1) is 15.4. The van der Waals surface area contributed by atoms with E-state index in [9.17, 15) is 13.2 Å². The Labute approximate surface area is 187 Å². The van der Waals surface area contributed by atoms with Crippen LogP contribution in [0.5, 0.6) is 5.75 Å². The van der Waals surface area contributed by atoms with Crippen molar-refractivity contribution in [2.75, 3.05) is 20.3 Å². The van der Waals surface area contributed by atoms with Crippen LogP contribution >= 0.6 is 0 Å². The van der Waals surface area contributed by atoms with Crippen LogP contribution in [0.2, 0.25) is 0 Å². The van der Waals surface area contributed by atoms with Gasteiger partial charge in [-0.1, -0.05) is 24.3 Å². The Morgan fingerprint density at radius 3 is 2.69 bits per heavy atom. The lowest BCUT2D eigenvalue weighted by atomic mass is 10.1. The Morgan fingerprint density at radius 1 is 1.09 bits per heavy atom. The lowest BCUT2D eigenvalue weighted by molar-refractivity contribution is 0.0950. The van der Waals surface area contributed by atoms with Crippen molar-refractivity contribution in [3.05, 3.63) is 71.8 Å². The van der Waals surface area contributed by atoms with Crippen LogP contribution in [0.15, 0.2) is 65.6 Å². The van der Waals surface area contributed by atoms with E-state index < -0.39 is 10.0 Å². The number of fused-ring (bicyclic) bond motifs is 1. The van der Waals surface area contributed by atoms with E-state index in [2.05, 4.69) is 10.0 Å². The molecule has 0 aromatic heterocycles. The van der Waals surface area contributed by atoms with Crippen LogP contribution in [0.4, 0.5) is 0 Å².